The lowest BCUT2D eigenvalue weighted by Gasteiger charge is -2.14. The van der Waals surface area contributed by atoms with E-state index in [0.29, 0.717) is 13.2 Å². The average molecular weight is 379 g/mol. The van der Waals surface area contributed by atoms with Gasteiger partial charge in [0.15, 0.2) is 0 Å². The van der Waals surface area contributed by atoms with E-state index < -0.39 is 0 Å². The lowest BCUT2D eigenvalue weighted by molar-refractivity contribution is -0.126. The largest absolute Gasteiger partial charge is 0.491 e. The number of para-hydroxylation sites is 2. The highest BCUT2D eigenvalue weighted by Gasteiger charge is 2.16. The number of hydrogen-bond acceptors (Lipinski definition) is 4. The summed E-state index contributed by atoms with van der Waals surface area (Å²) in [6.45, 7) is 4.68. The molecule has 146 valence electrons. The fraction of sp³-hybridized carbons (Fsp3) is 0.273. The molecular formula is C22H25N3O3. The normalized spacial score (nSPS) is 11.8. The maximum Gasteiger partial charge on any atom is 0.246 e. The van der Waals surface area contributed by atoms with Gasteiger partial charge in [-0.3, -0.25) is 4.79 Å². The molecule has 2 aromatic carbocycles. The summed E-state index contributed by atoms with van der Waals surface area (Å²) in [4.78, 5) is 12.1. The highest BCUT2D eigenvalue weighted by atomic mass is 16.5. The van der Waals surface area contributed by atoms with Crippen molar-refractivity contribution in [3.63, 3.8) is 0 Å². The number of rotatable bonds is 9. The van der Waals surface area contributed by atoms with Crippen LogP contribution in [0.15, 0.2) is 66.9 Å². The molecule has 6 nitrogen and oxygen atoms in total. The van der Waals surface area contributed by atoms with E-state index in [1.54, 1.807) is 6.20 Å². The monoisotopic (exact) mass is 379 g/mol. The Bertz CT molecular complexity index is 879. The van der Waals surface area contributed by atoms with Gasteiger partial charge in [-0.25, -0.2) is 4.68 Å². The van der Waals surface area contributed by atoms with Crippen LogP contribution < -0.4 is 10.1 Å². The van der Waals surface area contributed by atoms with Crippen LogP contribution in [0.25, 0.3) is 5.69 Å². The molecule has 1 N–H and O–H groups in total. The van der Waals surface area contributed by atoms with Gasteiger partial charge in [0, 0.05) is 11.3 Å². The molecule has 3 rings (SSSR count). The lowest BCUT2D eigenvalue weighted by Crippen LogP contribution is -2.31. The first-order valence-electron chi connectivity index (χ1n) is 9.30. The number of amides is 1. The van der Waals surface area contributed by atoms with Gasteiger partial charge in [0.05, 0.1) is 24.5 Å². The van der Waals surface area contributed by atoms with E-state index >= 15 is 0 Å². The molecule has 0 fully saturated rings. The predicted octanol–water partition coefficient (Wildman–Crippen LogP) is 3.45. The minimum Gasteiger partial charge on any atom is -0.491 e. The second-order valence-corrected chi connectivity index (χ2v) is 6.44. The number of hydrogen-bond donors (Lipinski definition) is 1. The number of aromatic nitrogens is 2. The van der Waals surface area contributed by atoms with Crippen LogP contribution in [0.2, 0.25) is 0 Å². The van der Waals surface area contributed by atoms with E-state index in [2.05, 4.69) is 10.4 Å². The van der Waals surface area contributed by atoms with Crippen molar-refractivity contribution >= 4 is 5.91 Å². The Morgan fingerprint density at radius 3 is 2.46 bits per heavy atom. The summed E-state index contributed by atoms with van der Waals surface area (Å²) in [6.07, 6.45) is 1.79. The van der Waals surface area contributed by atoms with Gasteiger partial charge >= 0.3 is 0 Å². The topological polar surface area (TPSA) is 65.4 Å². The molecule has 0 spiro atoms. The Morgan fingerprint density at radius 2 is 1.75 bits per heavy atom. The number of nitrogens with one attached hydrogen (secondary N) is 1. The van der Waals surface area contributed by atoms with E-state index in [0.717, 1.165) is 22.7 Å². The maximum absolute atomic E-state index is 12.1. The molecular weight excluding hydrogens is 354 g/mol. The molecule has 1 heterocycles. The third-order valence-electron chi connectivity index (χ3n) is 4.37. The van der Waals surface area contributed by atoms with Gasteiger partial charge in [0.1, 0.15) is 19.0 Å². The average Bonchev–Trinajstić information content (AvgIpc) is 3.10. The summed E-state index contributed by atoms with van der Waals surface area (Å²) < 4.78 is 12.8. The Balaban J connectivity index is 1.44. The standard InChI is InChI=1S/C22H25N3O3/c1-17(21-15-23-25(18(21)2)19-9-5-3-6-10-19)24-22(26)16-27-13-14-28-20-11-7-4-8-12-20/h3-12,15,17H,13-14,16H2,1-2H3,(H,24,26). The molecule has 0 aliphatic rings. The van der Waals surface area contributed by atoms with E-state index in [1.165, 1.54) is 0 Å². The van der Waals surface area contributed by atoms with Gasteiger partial charge in [0.2, 0.25) is 5.91 Å². The molecule has 3 aromatic rings. The number of ether oxygens (including phenoxy) is 2. The summed E-state index contributed by atoms with van der Waals surface area (Å²) in [6, 6.07) is 19.3. The van der Waals surface area contributed by atoms with Crippen molar-refractivity contribution in [3.05, 3.63) is 78.1 Å². The van der Waals surface area contributed by atoms with Gasteiger partial charge in [-0.1, -0.05) is 36.4 Å². The molecule has 1 unspecified atom stereocenters. The van der Waals surface area contributed by atoms with Crippen LogP contribution in [-0.2, 0) is 9.53 Å². The Labute approximate surface area is 165 Å². The van der Waals surface area contributed by atoms with Gasteiger partial charge in [-0.05, 0) is 38.1 Å². The Morgan fingerprint density at radius 1 is 1.07 bits per heavy atom. The van der Waals surface area contributed by atoms with Crippen molar-refractivity contribution in [2.45, 2.75) is 19.9 Å². The third kappa shape index (κ3) is 5.20. The summed E-state index contributed by atoms with van der Waals surface area (Å²) in [5, 5.41) is 7.40. The molecule has 0 aliphatic heterocycles. The van der Waals surface area contributed by atoms with E-state index in [1.807, 2.05) is 79.2 Å². The van der Waals surface area contributed by atoms with Gasteiger partial charge in [0.25, 0.3) is 0 Å². The second-order valence-electron chi connectivity index (χ2n) is 6.44. The highest BCUT2D eigenvalue weighted by Crippen LogP contribution is 2.19. The van der Waals surface area contributed by atoms with Crippen LogP contribution in [0.4, 0.5) is 0 Å². The number of carbonyl (C=O) groups is 1. The van der Waals surface area contributed by atoms with Gasteiger partial charge in [-0.2, -0.15) is 5.10 Å². The Hall–Kier alpha value is -3.12. The highest BCUT2D eigenvalue weighted by molar-refractivity contribution is 5.77. The van der Waals surface area contributed by atoms with Gasteiger partial charge in [-0.15, -0.1) is 0 Å². The van der Waals surface area contributed by atoms with E-state index in [4.69, 9.17) is 9.47 Å². The fourth-order valence-corrected chi connectivity index (χ4v) is 2.94. The predicted molar refractivity (Wildman–Crippen MR) is 108 cm³/mol. The first-order valence-corrected chi connectivity index (χ1v) is 9.30. The SMILES string of the molecule is Cc1c(C(C)NC(=O)COCCOc2ccccc2)cnn1-c1ccccc1. The van der Waals surface area contributed by atoms with E-state index in [9.17, 15) is 4.79 Å². The zero-order valence-corrected chi connectivity index (χ0v) is 16.2. The van der Waals surface area contributed by atoms with Crippen molar-refractivity contribution in [1.82, 2.24) is 15.1 Å². The van der Waals surface area contributed by atoms with Crippen LogP contribution in [0.3, 0.4) is 0 Å². The van der Waals surface area contributed by atoms with Crippen molar-refractivity contribution in [2.24, 2.45) is 0 Å². The molecule has 6 heteroatoms. The van der Waals surface area contributed by atoms with Crippen molar-refractivity contribution < 1.29 is 14.3 Å². The summed E-state index contributed by atoms with van der Waals surface area (Å²) in [5.41, 5.74) is 2.97. The fourth-order valence-electron chi connectivity index (χ4n) is 2.94. The zero-order valence-electron chi connectivity index (χ0n) is 16.2. The zero-order chi connectivity index (χ0) is 19.8. The molecule has 1 aromatic heterocycles. The third-order valence-corrected chi connectivity index (χ3v) is 4.37. The van der Waals surface area contributed by atoms with Crippen LogP contribution >= 0.6 is 0 Å². The summed E-state index contributed by atoms with van der Waals surface area (Å²) >= 11 is 0. The van der Waals surface area contributed by atoms with Crippen molar-refractivity contribution in [1.29, 1.82) is 0 Å². The summed E-state index contributed by atoms with van der Waals surface area (Å²) in [7, 11) is 0. The van der Waals surface area contributed by atoms with Gasteiger partial charge < -0.3 is 14.8 Å². The van der Waals surface area contributed by atoms with E-state index in [-0.39, 0.29) is 18.6 Å². The number of benzene rings is 2. The van der Waals surface area contributed by atoms with Crippen LogP contribution in [0, 0.1) is 6.92 Å². The lowest BCUT2D eigenvalue weighted by atomic mass is 10.1. The molecule has 28 heavy (non-hydrogen) atoms. The minimum atomic E-state index is -0.168. The van der Waals surface area contributed by atoms with Crippen LogP contribution in [0.1, 0.15) is 24.2 Å². The van der Waals surface area contributed by atoms with Crippen molar-refractivity contribution in [2.75, 3.05) is 19.8 Å². The first kappa shape index (κ1) is 19.6. The molecule has 1 atom stereocenters. The minimum absolute atomic E-state index is 0.00560. The molecule has 0 radical (unpaired) electrons. The molecule has 0 saturated carbocycles. The number of carbonyl (C=O) groups excluding carboxylic acids is 1. The molecule has 0 aliphatic carbocycles. The molecule has 1 amide bonds. The maximum atomic E-state index is 12.1. The van der Waals surface area contributed by atoms with Crippen LogP contribution in [-0.4, -0.2) is 35.5 Å². The quantitative estimate of drug-likeness (QED) is 0.578. The molecule has 0 saturated heterocycles. The first-order chi connectivity index (χ1) is 13.6. The number of nitrogens with zero attached hydrogens (tertiary/aromatic N) is 2. The second kappa shape index (κ2) is 9.71. The molecule has 0 bridgehead atoms. The Kier molecular flexibility index (Phi) is 6.81. The smallest absolute Gasteiger partial charge is 0.246 e. The summed E-state index contributed by atoms with van der Waals surface area (Å²) in [5.74, 6) is 0.620. The van der Waals surface area contributed by atoms with Crippen LogP contribution in [0.5, 0.6) is 5.75 Å². The van der Waals surface area contributed by atoms with Crippen molar-refractivity contribution in [3.8, 4) is 11.4 Å².